The quantitative estimate of drug-likeness (QED) is 0.437. The second kappa shape index (κ2) is 9.02. The summed E-state index contributed by atoms with van der Waals surface area (Å²) in [5.74, 6) is -1.58. The first-order valence-electron chi connectivity index (χ1n) is 9.83. The average Bonchev–Trinajstić information content (AvgIpc) is 3.44. The molecule has 9 heteroatoms. The van der Waals surface area contributed by atoms with Gasteiger partial charge in [0.2, 0.25) is 0 Å². The molecule has 4 rings (SSSR count). The molecule has 32 heavy (non-hydrogen) atoms. The first-order chi connectivity index (χ1) is 15.3. The fraction of sp³-hybridized carbons (Fsp3) is 0.174. The Morgan fingerprint density at radius 1 is 1.09 bits per heavy atom. The molecular weight excluding hydrogens is 436 g/mol. The Morgan fingerprint density at radius 3 is 2.53 bits per heavy atom. The molecule has 0 unspecified atom stereocenters. The van der Waals surface area contributed by atoms with Crippen molar-refractivity contribution in [3.8, 4) is 0 Å². The summed E-state index contributed by atoms with van der Waals surface area (Å²) in [4.78, 5) is 3.88. The summed E-state index contributed by atoms with van der Waals surface area (Å²) in [5, 5.41) is 20.7. The van der Waals surface area contributed by atoms with E-state index in [-0.39, 0.29) is 12.1 Å². The maximum atomic E-state index is 14.7. The number of aromatic nitrogens is 5. The minimum atomic E-state index is -1.78. The molecule has 0 saturated carbocycles. The first-order valence-corrected chi connectivity index (χ1v) is 10.2. The van der Waals surface area contributed by atoms with Gasteiger partial charge in [-0.15, -0.1) is 0 Å². The standard InChI is InChI=1S/C23H20ClF2N5O/c1-16(31-12-18(11-28-31)3-2-17-4-6-19(24)7-5-17)23(32,13-30-15-27-14-29-30)21-9-8-20(25)10-22(21)26/h2-12,14-16,32H,13H2,1H3/b3-2+/t16-,23-/m1/s1. The zero-order chi connectivity index (χ0) is 22.7. The third kappa shape index (κ3) is 4.61. The summed E-state index contributed by atoms with van der Waals surface area (Å²) >= 11 is 5.91. The van der Waals surface area contributed by atoms with Crippen LogP contribution in [0.15, 0.2) is 67.5 Å². The van der Waals surface area contributed by atoms with Gasteiger partial charge < -0.3 is 5.11 Å². The molecule has 1 N–H and O–H groups in total. The molecule has 2 aromatic heterocycles. The fourth-order valence-electron chi connectivity index (χ4n) is 3.48. The van der Waals surface area contributed by atoms with Gasteiger partial charge in [0.15, 0.2) is 0 Å². The van der Waals surface area contributed by atoms with Gasteiger partial charge in [0, 0.05) is 28.4 Å². The lowest BCUT2D eigenvalue weighted by Crippen LogP contribution is -2.40. The van der Waals surface area contributed by atoms with Gasteiger partial charge in [-0.2, -0.15) is 10.2 Å². The zero-order valence-electron chi connectivity index (χ0n) is 17.1. The molecule has 0 radical (unpaired) electrons. The van der Waals surface area contributed by atoms with Crippen LogP contribution in [0, 0.1) is 11.6 Å². The molecule has 0 aliphatic rings. The zero-order valence-corrected chi connectivity index (χ0v) is 17.9. The molecule has 164 valence electrons. The topological polar surface area (TPSA) is 68.8 Å². The molecule has 2 aromatic carbocycles. The van der Waals surface area contributed by atoms with Crippen LogP contribution in [-0.2, 0) is 12.1 Å². The monoisotopic (exact) mass is 455 g/mol. The third-order valence-electron chi connectivity index (χ3n) is 5.31. The van der Waals surface area contributed by atoms with Gasteiger partial charge in [-0.1, -0.05) is 42.0 Å². The van der Waals surface area contributed by atoms with Crippen molar-refractivity contribution in [2.45, 2.75) is 25.1 Å². The van der Waals surface area contributed by atoms with Crippen LogP contribution < -0.4 is 0 Å². The van der Waals surface area contributed by atoms with Gasteiger partial charge in [0.1, 0.15) is 29.9 Å². The van der Waals surface area contributed by atoms with Gasteiger partial charge in [-0.05, 0) is 30.7 Å². The van der Waals surface area contributed by atoms with E-state index in [2.05, 4.69) is 15.2 Å². The molecule has 0 aliphatic carbocycles. The van der Waals surface area contributed by atoms with Crippen LogP contribution in [0.4, 0.5) is 8.78 Å². The van der Waals surface area contributed by atoms with E-state index in [0.29, 0.717) is 5.02 Å². The highest BCUT2D eigenvalue weighted by Gasteiger charge is 2.40. The van der Waals surface area contributed by atoms with Crippen molar-refractivity contribution in [3.05, 3.63) is 101 Å². The van der Waals surface area contributed by atoms with Crippen LogP contribution in [0.1, 0.15) is 29.7 Å². The number of benzene rings is 2. The molecule has 0 amide bonds. The Bertz CT molecular complexity index is 1220. The van der Waals surface area contributed by atoms with E-state index in [1.54, 1.807) is 36.1 Å². The van der Waals surface area contributed by atoms with E-state index in [1.165, 1.54) is 23.4 Å². The molecule has 6 nitrogen and oxygen atoms in total. The van der Waals surface area contributed by atoms with Crippen LogP contribution in [0.25, 0.3) is 12.2 Å². The van der Waals surface area contributed by atoms with E-state index < -0.39 is 23.3 Å². The highest BCUT2D eigenvalue weighted by atomic mass is 35.5. The van der Waals surface area contributed by atoms with Gasteiger partial charge in [-0.25, -0.2) is 18.4 Å². The Labute approximate surface area is 188 Å². The summed E-state index contributed by atoms with van der Waals surface area (Å²) in [6.45, 7) is 1.60. The molecule has 0 fully saturated rings. The van der Waals surface area contributed by atoms with E-state index in [9.17, 15) is 13.9 Å². The summed E-state index contributed by atoms with van der Waals surface area (Å²) in [6.07, 6.45) is 9.89. The number of nitrogens with zero attached hydrogens (tertiary/aromatic N) is 5. The smallest absolute Gasteiger partial charge is 0.137 e. The van der Waals surface area contributed by atoms with E-state index in [1.807, 2.05) is 24.3 Å². The third-order valence-corrected chi connectivity index (χ3v) is 5.57. The van der Waals surface area contributed by atoms with Crippen LogP contribution in [0.3, 0.4) is 0 Å². The summed E-state index contributed by atoms with van der Waals surface area (Å²) < 4.78 is 31.1. The van der Waals surface area contributed by atoms with Crippen LogP contribution in [-0.4, -0.2) is 29.7 Å². The van der Waals surface area contributed by atoms with E-state index >= 15 is 0 Å². The van der Waals surface area contributed by atoms with Crippen LogP contribution in [0.5, 0.6) is 0 Å². The molecule has 0 aliphatic heterocycles. The largest absolute Gasteiger partial charge is 0.381 e. The minimum absolute atomic E-state index is 0.0596. The Balaban J connectivity index is 1.65. The summed E-state index contributed by atoms with van der Waals surface area (Å²) in [6, 6.07) is 9.76. The first kappa shape index (κ1) is 21.9. The molecule has 2 heterocycles. The second-order valence-corrected chi connectivity index (χ2v) is 7.89. The van der Waals surface area contributed by atoms with Crippen molar-refractivity contribution in [1.29, 1.82) is 0 Å². The van der Waals surface area contributed by atoms with Crippen LogP contribution in [0.2, 0.25) is 5.02 Å². The van der Waals surface area contributed by atoms with Crippen molar-refractivity contribution < 1.29 is 13.9 Å². The number of aliphatic hydroxyl groups is 1. The number of rotatable bonds is 7. The number of halogens is 3. The van der Waals surface area contributed by atoms with Crippen molar-refractivity contribution >= 4 is 23.8 Å². The maximum absolute atomic E-state index is 14.7. The molecule has 0 saturated heterocycles. The predicted octanol–water partition coefficient (Wildman–Crippen LogP) is 4.73. The van der Waals surface area contributed by atoms with Crippen molar-refractivity contribution in [2.24, 2.45) is 0 Å². The van der Waals surface area contributed by atoms with Gasteiger partial charge >= 0.3 is 0 Å². The fourth-order valence-corrected chi connectivity index (χ4v) is 3.61. The highest BCUT2D eigenvalue weighted by Crippen LogP contribution is 2.36. The van der Waals surface area contributed by atoms with Crippen molar-refractivity contribution in [2.75, 3.05) is 0 Å². The molecule has 4 aromatic rings. The molecule has 0 spiro atoms. The lowest BCUT2D eigenvalue weighted by atomic mass is 9.86. The van der Waals surface area contributed by atoms with Crippen LogP contribution >= 0.6 is 11.6 Å². The lowest BCUT2D eigenvalue weighted by molar-refractivity contribution is -0.0369. The number of hydrogen-bond donors (Lipinski definition) is 1. The SMILES string of the molecule is C[C@@H](n1cc(/C=C/c2ccc(Cl)cc2)cn1)[C@](O)(Cn1cncn1)c1ccc(F)cc1F. The Kier molecular flexibility index (Phi) is 6.16. The predicted molar refractivity (Wildman–Crippen MR) is 118 cm³/mol. The molecule has 0 bridgehead atoms. The highest BCUT2D eigenvalue weighted by molar-refractivity contribution is 6.30. The normalized spacial score (nSPS) is 14.5. The Morgan fingerprint density at radius 2 is 1.84 bits per heavy atom. The van der Waals surface area contributed by atoms with Gasteiger partial charge in [-0.3, -0.25) is 4.68 Å². The summed E-state index contributed by atoms with van der Waals surface area (Å²) in [7, 11) is 0. The molecular formula is C23H20ClF2N5O. The minimum Gasteiger partial charge on any atom is -0.381 e. The van der Waals surface area contributed by atoms with Gasteiger partial charge in [0.05, 0.1) is 18.8 Å². The second-order valence-electron chi connectivity index (χ2n) is 7.46. The van der Waals surface area contributed by atoms with E-state index in [4.69, 9.17) is 11.6 Å². The molecule has 2 atom stereocenters. The van der Waals surface area contributed by atoms with Gasteiger partial charge in [0.25, 0.3) is 0 Å². The lowest BCUT2D eigenvalue weighted by Gasteiger charge is -2.34. The van der Waals surface area contributed by atoms with Crippen molar-refractivity contribution in [1.82, 2.24) is 24.5 Å². The summed E-state index contributed by atoms with van der Waals surface area (Å²) in [5.41, 5.74) is -0.0919. The van der Waals surface area contributed by atoms with Crippen molar-refractivity contribution in [3.63, 3.8) is 0 Å². The Hall–Kier alpha value is -3.36. The maximum Gasteiger partial charge on any atom is 0.137 e. The number of hydrogen-bond acceptors (Lipinski definition) is 4. The average molecular weight is 456 g/mol. The van der Waals surface area contributed by atoms with E-state index in [0.717, 1.165) is 23.3 Å².